The van der Waals surface area contributed by atoms with Crippen molar-refractivity contribution < 1.29 is 4.74 Å². The zero-order valence-electron chi connectivity index (χ0n) is 14.6. The second-order valence-corrected chi connectivity index (χ2v) is 7.07. The van der Waals surface area contributed by atoms with Crippen LogP contribution in [0.15, 0.2) is 42.5 Å². The molecular formula is C21H27NO. The molecule has 1 aliphatic heterocycles. The number of rotatable bonds is 4. The van der Waals surface area contributed by atoms with Crippen molar-refractivity contribution in [3.05, 3.63) is 64.7 Å². The fourth-order valence-electron chi connectivity index (χ4n) is 3.23. The van der Waals surface area contributed by atoms with Gasteiger partial charge >= 0.3 is 0 Å². The van der Waals surface area contributed by atoms with E-state index in [2.05, 4.69) is 75.5 Å². The summed E-state index contributed by atoms with van der Waals surface area (Å²) in [4.78, 5) is 0. The van der Waals surface area contributed by atoms with Crippen molar-refractivity contribution in [2.24, 2.45) is 0 Å². The van der Waals surface area contributed by atoms with E-state index in [9.17, 15) is 0 Å². The van der Waals surface area contributed by atoms with Gasteiger partial charge in [-0.25, -0.2) is 0 Å². The lowest BCUT2D eigenvalue weighted by Gasteiger charge is -2.40. The second kappa shape index (κ2) is 6.37. The molecule has 0 radical (unpaired) electrons. The van der Waals surface area contributed by atoms with Crippen LogP contribution in [0.5, 0.6) is 5.75 Å². The molecule has 2 unspecified atom stereocenters. The molecule has 2 aromatic rings. The zero-order valence-corrected chi connectivity index (χ0v) is 14.6. The Labute approximate surface area is 139 Å². The summed E-state index contributed by atoms with van der Waals surface area (Å²) in [5.74, 6) is 1.03. The molecular weight excluding hydrogens is 282 g/mol. The summed E-state index contributed by atoms with van der Waals surface area (Å²) in [6.07, 6.45) is 2.02. The normalized spacial score (nSPS) is 23.2. The average Bonchev–Trinajstić information content (AvgIpc) is 2.55. The lowest BCUT2D eigenvalue weighted by molar-refractivity contribution is 0.0439. The molecule has 0 bridgehead atoms. The van der Waals surface area contributed by atoms with E-state index >= 15 is 0 Å². The van der Waals surface area contributed by atoms with Gasteiger partial charge in [0.15, 0.2) is 0 Å². The van der Waals surface area contributed by atoms with E-state index in [-0.39, 0.29) is 5.60 Å². The first-order valence-corrected chi connectivity index (χ1v) is 8.57. The van der Waals surface area contributed by atoms with E-state index in [1.54, 1.807) is 0 Å². The van der Waals surface area contributed by atoms with Crippen LogP contribution in [0.2, 0.25) is 0 Å². The van der Waals surface area contributed by atoms with Crippen molar-refractivity contribution in [3.8, 4) is 5.75 Å². The molecule has 2 nitrogen and oxygen atoms in total. The maximum Gasteiger partial charge on any atom is 0.124 e. The third kappa shape index (κ3) is 3.59. The van der Waals surface area contributed by atoms with Gasteiger partial charge in [-0.2, -0.15) is 0 Å². The van der Waals surface area contributed by atoms with Crippen molar-refractivity contribution in [3.63, 3.8) is 0 Å². The SMILES string of the molecule is CCC1(C)CC(NCc2ccc(C)cc2)c2cc(C)ccc2O1. The maximum atomic E-state index is 6.28. The predicted molar refractivity (Wildman–Crippen MR) is 95.9 cm³/mol. The lowest BCUT2D eigenvalue weighted by Crippen LogP contribution is -2.41. The van der Waals surface area contributed by atoms with Crippen LogP contribution < -0.4 is 10.1 Å². The van der Waals surface area contributed by atoms with Crippen LogP contribution in [0.4, 0.5) is 0 Å². The molecule has 0 spiro atoms. The Balaban J connectivity index is 1.82. The molecule has 1 N–H and O–H groups in total. The summed E-state index contributed by atoms with van der Waals surface area (Å²) in [6, 6.07) is 15.6. The number of nitrogens with one attached hydrogen (secondary N) is 1. The molecule has 2 atom stereocenters. The number of hydrogen-bond donors (Lipinski definition) is 1. The summed E-state index contributed by atoms with van der Waals surface area (Å²) >= 11 is 0. The van der Waals surface area contributed by atoms with Gasteiger partial charge in [-0.1, -0.05) is 54.4 Å². The van der Waals surface area contributed by atoms with Crippen LogP contribution in [0.3, 0.4) is 0 Å². The van der Waals surface area contributed by atoms with Crippen molar-refractivity contribution in [1.29, 1.82) is 0 Å². The molecule has 2 aromatic carbocycles. The fraction of sp³-hybridized carbons (Fsp3) is 0.429. The van der Waals surface area contributed by atoms with Gasteiger partial charge in [0.05, 0.1) is 0 Å². The molecule has 0 fully saturated rings. The van der Waals surface area contributed by atoms with Crippen LogP contribution in [0.25, 0.3) is 0 Å². The van der Waals surface area contributed by atoms with Gasteiger partial charge in [0.1, 0.15) is 11.4 Å². The van der Waals surface area contributed by atoms with Gasteiger partial charge < -0.3 is 10.1 Å². The minimum atomic E-state index is -0.0901. The van der Waals surface area contributed by atoms with E-state index in [4.69, 9.17) is 4.74 Å². The van der Waals surface area contributed by atoms with Crippen molar-refractivity contribution >= 4 is 0 Å². The lowest BCUT2D eigenvalue weighted by atomic mass is 9.86. The minimum Gasteiger partial charge on any atom is -0.487 e. The van der Waals surface area contributed by atoms with E-state index in [0.717, 1.165) is 25.1 Å². The quantitative estimate of drug-likeness (QED) is 0.850. The Hall–Kier alpha value is -1.80. The van der Waals surface area contributed by atoms with E-state index in [1.807, 2.05) is 0 Å². The van der Waals surface area contributed by atoms with Gasteiger partial charge in [0.25, 0.3) is 0 Å². The van der Waals surface area contributed by atoms with Crippen LogP contribution in [-0.2, 0) is 6.54 Å². The molecule has 122 valence electrons. The molecule has 3 rings (SSSR count). The van der Waals surface area contributed by atoms with E-state index in [0.29, 0.717) is 6.04 Å². The first-order valence-electron chi connectivity index (χ1n) is 8.57. The highest BCUT2D eigenvalue weighted by atomic mass is 16.5. The van der Waals surface area contributed by atoms with E-state index < -0.39 is 0 Å². The number of benzene rings is 2. The van der Waals surface area contributed by atoms with Gasteiger partial charge in [-0.3, -0.25) is 0 Å². The maximum absolute atomic E-state index is 6.28. The zero-order chi connectivity index (χ0) is 16.4. The molecule has 0 aromatic heterocycles. The Morgan fingerprint density at radius 3 is 2.48 bits per heavy atom. The van der Waals surface area contributed by atoms with Gasteiger partial charge in [0, 0.05) is 24.6 Å². The topological polar surface area (TPSA) is 21.3 Å². The monoisotopic (exact) mass is 309 g/mol. The number of ether oxygens (including phenoxy) is 1. The Kier molecular flexibility index (Phi) is 4.45. The first-order chi connectivity index (χ1) is 11.0. The Morgan fingerprint density at radius 2 is 1.78 bits per heavy atom. The third-order valence-corrected chi connectivity index (χ3v) is 4.95. The average molecular weight is 309 g/mol. The van der Waals surface area contributed by atoms with Gasteiger partial charge in [-0.15, -0.1) is 0 Å². The molecule has 1 aliphatic rings. The van der Waals surface area contributed by atoms with Crippen LogP contribution >= 0.6 is 0 Å². The standard InChI is InChI=1S/C21H27NO/c1-5-21(4)13-19(18-12-16(3)8-11-20(18)23-21)22-14-17-9-6-15(2)7-10-17/h6-12,19,22H,5,13-14H2,1-4H3. The largest absolute Gasteiger partial charge is 0.487 e. The summed E-state index contributed by atoms with van der Waals surface area (Å²) in [7, 11) is 0. The third-order valence-electron chi connectivity index (χ3n) is 4.95. The van der Waals surface area contributed by atoms with E-state index in [1.165, 1.54) is 22.3 Å². The Bertz CT molecular complexity index is 677. The number of fused-ring (bicyclic) bond motifs is 1. The number of aryl methyl sites for hydroxylation is 2. The van der Waals surface area contributed by atoms with Gasteiger partial charge in [-0.05, 0) is 38.8 Å². The molecule has 2 heteroatoms. The van der Waals surface area contributed by atoms with Crippen LogP contribution in [-0.4, -0.2) is 5.60 Å². The van der Waals surface area contributed by atoms with Crippen molar-refractivity contribution in [2.45, 2.75) is 58.7 Å². The van der Waals surface area contributed by atoms with Crippen LogP contribution in [0, 0.1) is 13.8 Å². The van der Waals surface area contributed by atoms with Crippen LogP contribution in [0.1, 0.15) is 55.0 Å². The molecule has 1 heterocycles. The van der Waals surface area contributed by atoms with Crippen molar-refractivity contribution in [2.75, 3.05) is 0 Å². The molecule has 0 saturated heterocycles. The van der Waals surface area contributed by atoms with Gasteiger partial charge in [0.2, 0.25) is 0 Å². The molecule has 23 heavy (non-hydrogen) atoms. The summed E-state index contributed by atoms with van der Waals surface area (Å²) in [5.41, 5.74) is 5.12. The van der Waals surface area contributed by atoms with Crippen molar-refractivity contribution in [1.82, 2.24) is 5.32 Å². The molecule has 0 saturated carbocycles. The summed E-state index contributed by atoms with van der Waals surface area (Å²) in [6.45, 7) is 9.58. The smallest absolute Gasteiger partial charge is 0.124 e. The molecule has 0 amide bonds. The summed E-state index contributed by atoms with van der Waals surface area (Å²) < 4.78 is 6.28. The molecule has 0 aliphatic carbocycles. The number of hydrogen-bond acceptors (Lipinski definition) is 2. The predicted octanol–water partition coefficient (Wildman–Crippen LogP) is 5.09. The highest BCUT2D eigenvalue weighted by Crippen LogP contribution is 2.41. The first kappa shape index (κ1) is 16.1. The fourth-order valence-corrected chi connectivity index (χ4v) is 3.23. The highest BCUT2D eigenvalue weighted by Gasteiger charge is 2.35. The Morgan fingerprint density at radius 1 is 1.09 bits per heavy atom. The summed E-state index contributed by atoms with van der Waals surface area (Å²) in [5, 5.41) is 3.75. The second-order valence-electron chi connectivity index (χ2n) is 7.07. The highest BCUT2D eigenvalue weighted by molar-refractivity contribution is 5.41. The minimum absolute atomic E-state index is 0.0901.